The third-order valence-corrected chi connectivity index (χ3v) is 4.15. The molecule has 2 nitrogen and oxygen atoms in total. The second-order valence-electron chi connectivity index (χ2n) is 5.89. The second-order valence-corrected chi connectivity index (χ2v) is 5.89. The third-order valence-electron chi connectivity index (χ3n) is 4.15. The topological polar surface area (TPSA) is 17.3 Å². The van der Waals surface area contributed by atoms with Crippen LogP contribution in [-0.4, -0.2) is 9.38 Å². The highest BCUT2D eigenvalue weighted by Gasteiger charge is 2.11. The summed E-state index contributed by atoms with van der Waals surface area (Å²) in [5, 5.41) is 0. The summed E-state index contributed by atoms with van der Waals surface area (Å²) in [6, 6.07) is 14.7. The van der Waals surface area contributed by atoms with E-state index in [1.165, 1.54) is 23.1 Å². The van der Waals surface area contributed by atoms with Gasteiger partial charge >= 0.3 is 0 Å². The zero-order valence-corrected chi connectivity index (χ0v) is 14.0. The molecule has 0 aliphatic carbocycles. The largest absolute Gasteiger partial charge is 0.299 e. The molecule has 1 aromatic carbocycles. The van der Waals surface area contributed by atoms with Gasteiger partial charge in [0.05, 0.1) is 11.7 Å². The zero-order chi connectivity index (χ0) is 16.1. The second kappa shape index (κ2) is 7.28. The monoisotopic (exact) mass is 304 g/mol. The number of pyridine rings is 1. The van der Waals surface area contributed by atoms with Gasteiger partial charge in [-0.2, -0.15) is 0 Å². The van der Waals surface area contributed by atoms with Crippen LogP contribution in [0.25, 0.3) is 22.5 Å². The van der Waals surface area contributed by atoms with E-state index < -0.39 is 0 Å². The summed E-state index contributed by atoms with van der Waals surface area (Å²) < 4.78 is 2.21. The molecule has 0 radical (unpaired) electrons. The molecular formula is C21H24N2. The molecule has 3 aromatic rings. The Morgan fingerprint density at radius 2 is 1.87 bits per heavy atom. The number of fused-ring (bicyclic) bond motifs is 1. The van der Waals surface area contributed by atoms with Gasteiger partial charge in [0.2, 0.25) is 0 Å². The summed E-state index contributed by atoms with van der Waals surface area (Å²) in [5.41, 5.74) is 5.11. The lowest BCUT2D eigenvalue weighted by Gasteiger charge is -2.10. The first-order valence-corrected chi connectivity index (χ1v) is 8.56. The van der Waals surface area contributed by atoms with Crippen molar-refractivity contribution in [1.29, 1.82) is 0 Å². The lowest BCUT2D eigenvalue weighted by Crippen LogP contribution is -1.93. The molecule has 0 amide bonds. The minimum absolute atomic E-state index is 1.01. The van der Waals surface area contributed by atoms with Crippen LogP contribution in [0.4, 0.5) is 0 Å². The van der Waals surface area contributed by atoms with E-state index in [0.29, 0.717) is 0 Å². The van der Waals surface area contributed by atoms with Crippen molar-refractivity contribution >= 4 is 11.1 Å². The van der Waals surface area contributed by atoms with Crippen molar-refractivity contribution in [3.63, 3.8) is 0 Å². The molecule has 0 N–H and O–H groups in total. The molecule has 23 heavy (non-hydrogen) atoms. The number of unbranched alkanes of at least 4 members (excludes halogenated alkanes) is 1. The predicted molar refractivity (Wildman–Crippen MR) is 98.4 cm³/mol. The van der Waals surface area contributed by atoms with Gasteiger partial charge in [-0.25, -0.2) is 4.98 Å². The number of rotatable bonds is 6. The van der Waals surface area contributed by atoms with Crippen molar-refractivity contribution in [3.05, 3.63) is 66.5 Å². The Hall–Kier alpha value is -2.35. The number of hydrogen-bond acceptors (Lipinski definition) is 1. The van der Waals surface area contributed by atoms with Crippen molar-refractivity contribution < 1.29 is 0 Å². The molecule has 0 spiro atoms. The average molecular weight is 304 g/mol. The van der Waals surface area contributed by atoms with Gasteiger partial charge in [0.15, 0.2) is 0 Å². The van der Waals surface area contributed by atoms with Crippen LogP contribution in [0.5, 0.6) is 0 Å². The number of aromatic nitrogens is 2. The Kier molecular flexibility index (Phi) is 4.92. The normalized spacial score (nSPS) is 12.0. The molecule has 0 saturated heterocycles. The molecule has 0 atom stereocenters. The van der Waals surface area contributed by atoms with Gasteiger partial charge in [-0.1, -0.05) is 69.2 Å². The Bertz CT molecular complexity index is 797. The van der Waals surface area contributed by atoms with Crippen molar-refractivity contribution in [3.8, 4) is 11.4 Å². The molecule has 0 saturated carbocycles. The van der Waals surface area contributed by atoms with E-state index >= 15 is 0 Å². The van der Waals surface area contributed by atoms with Crippen LogP contribution in [0.2, 0.25) is 0 Å². The Balaban J connectivity index is 2.11. The smallest absolute Gasteiger partial charge is 0.144 e. The molecule has 2 heterocycles. The van der Waals surface area contributed by atoms with E-state index in [4.69, 9.17) is 0 Å². The maximum absolute atomic E-state index is 4.68. The van der Waals surface area contributed by atoms with Gasteiger partial charge in [0, 0.05) is 17.3 Å². The molecule has 0 aliphatic heterocycles. The molecule has 2 heteroatoms. The molecule has 118 valence electrons. The summed E-state index contributed by atoms with van der Waals surface area (Å²) in [6.45, 7) is 4.47. The number of imidazole rings is 1. The standard InChI is InChI=1S/C21H24N2/c1-3-5-11-17(10-4-2)19-14-9-15-23-20(19)16-22-21(23)18-12-7-6-8-13-18/h6-9,11-16H,3-5,10H2,1-2H3/b17-11+. The average Bonchev–Trinajstić information content (AvgIpc) is 3.03. The van der Waals surface area contributed by atoms with Crippen LogP contribution in [0.1, 0.15) is 45.1 Å². The van der Waals surface area contributed by atoms with Crippen LogP contribution < -0.4 is 0 Å². The van der Waals surface area contributed by atoms with E-state index in [1.807, 2.05) is 12.3 Å². The van der Waals surface area contributed by atoms with Crippen molar-refractivity contribution in [2.75, 3.05) is 0 Å². The van der Waals surface area contributed by atoms with Crippen molar-refractivity contribution in [2.45, 2.75) is 39.5 Å². The molecule has 2 aromatic heterocycles. The van der Waals surface area contributed by atoms with E-state index in [0.717, 1.165) is 30.7 Å². The Morgan fingerprint density at radius 3 is 2.61 bits per heavy atom. The zero-order valence-electron chi connectivity index (χ0n) is 14.0. The molecule has 0 unspecified atom stereocenters. The predicted octanol–water partition coefficient (Wildman–Crippen LogP) is 5.98. The number of allylic oxidation sites excluding steroid dienone is 2. The summed E-state index contributed by atoms with van der Waals surface area (Å²) >= 11 is 0. The molecular weight excluding hydrogens is 280 g/mol. The van der Waals surface area contributed by atoms with E-state index in [-0.39, 0.29) is 0 Å². The van der Waals surface area contributed by atoms with Gasteiger partial charge in [0.25, 0.3) is 0 Å². The third kappa shape index (κ3) is 3.21. The lowest BCUT2D eigenvalue weighted by atomic mass is 10.00. The first-order valence-electron chi connectivity index (χ1n) is 8.56. The van der Waals surface area contributed by atoms with E-state index in [2.05, 4.69) is 71.9 Å². The fourth-order valence-electron chi connectivity index (χ4n) is 3.03. The number of nitrogens with zero attached hydrogens (tertiary/aromatic N) is 2. The maximum atomic E-state index is 4.68. The lowest BCUT2D eigenvalue weighted by molar-refractivity contribution is 0.933. The van der Waals surface area contributed by atoms with E-state index in [9.17, 15) is 0 Å². The highest BCUT2D eigenvalue weighted by atomic mass is 15.0. The Morgan fingerprint density at radius 1 is 1.04 bits per heavy atom. The fourth-order valence-corrected chi connectivity index (χ4v) is 3.03. The van der Waals surface area contributed by atoms with Crippen molar-refractivity contribution in [1.82, 2.24) is 9.38 Å². The van der Waals surface area contributed by atoms with Gasteiger partial charge in [-0.3, -0.25) is 4.40 Å². The molecule has 0 fully saturated rings. The molecule has 0 bridgehead atoms. The fraction of sp³-hybridized carbons (Fsp3) is 0.286. The maximum Gasteiger partial charge on any atom is 0.144 e. The number of benzene rings is 1. The van der Waals surface area contributed by atoms with Crippen LogP contribution in [0.3, 0.4) is 0 Å². The molecule has 0 aliphatic rings. The summed E-state index contributed by atoms with van der Waals surface area (Å²) in [5.74, 6) is 1.01. The minimum atomic E-state index is 1.01. The Labute approximate surface area is 138 Å². The van der Waals surface area contributed by atoms with Crippen LogP contribution >= 0.6 is 0 Å². The van der Waals surface area contributed by atoms with Crippen molar-refractivity contribution in [2.24, 2.45) is 0 Å². The first-order chi connectivity index (χ1) is 11.3. The highest BCUT2D eigenvalue weighted by molar-refractivity contribution is 5.79. The summed E-state index contributed by atoms with van der Waals surface area (Å²) in [4.78, 5) is 4.68. The van der Waals surface area contributed by atoms with Gasteiger partial charge in [0.1, 0.15) is 5.82 Å². The number of hydrogen-bond donors (Lipinski definition) is 0. The minimum Gasteiger partial charge on any atom is -0.299 e. The van der Waals surface area contributed by atoms with Gasteiger partial charge in [-0.15, -0.1) is 0 Å². The SMILES string of the molecule is CCC/C=C(\CCC)c1cccn2c(-c3ccccc3)ncc12. The first kappa shape index (κ1) is 15.5. The summed E-state index contributed by atoms with van der Waals surface area (Å²) in [6.07, 6.45) is 11.1. The van der Waals surface area contributed by atoms with Crippen LogP contribution in [0.15, 0.2) is 60.9 Å². The quantitative estimate of drug-likeness (QED) is 0.547. The molecule has 3 rings (SSSR count). The van der Waals surface area contributed by atoms with Crippen LogP contribution in [-0.2, 0) is 0 Å². The van der Waals surface area contributed by atoms with Gasteiger partial charge < -0.3 is 0 Å². The van der Waals surface area contributed by atoms with E-state index in [1.54, 1.807) is 0 Å². The summed E-state index contributed by atoms with van der Waals surface area (Å²) in [7, 11) is 0. The van der Waals surface area contributed by atoms with Crippen LogP contribution in [0, 0.1) is 0 Å². The highest BCUT2D eigenvalue weighted by Crippen LogP contribution is 2.28. The van der Waals surface area contributed by atoms with Gasteiger partial charge in [-0.05, 0) is 24.5 Å².